The van der Waals surface area contributed by atoms with Crippen LogP contribution >= 0.6 is 0 Å². The first-order chi connectivity index (χ1) is 11.5. The highest BCUT2D eigenvalue weighted by atomic mass is 16.5. The predicted octanol–water partition coefficient (Wildman–Crippen LogP) is 2.39. The lowest BCUT2D eigenvalue weighted by atomic mass is 9.74. The third-order valence-electron chi connectivity index (χ3n) is 5.28. The van der Waals surface area contributed by atoms with Gasteiger partial charge in [-0.1, -0.05) is 35.9 Å². The van der Waals surface area contributed by atoms with E-state index in [1.807, 2.05) is 43.3 Å². The summed E-state index contributed by atoms with van der Waals surface area (Å²) >= 11 is 0. The number of carbonyl (C=O) groups excluding carboxylic acids is 1. The molecule has 1 spiro atoms. The van der Waals surface area contributed by atoms with Crippen molar-refractivity contribution in [2.75, 3.05) is 4.90 Å². The number of carbonyl (C=O) groups is 2. The van der Waals surface area contributed by atoms with Gasteiger partial charge in [-0.15, -0.1) is 6.58 Å². The first-order valence-corrected chi connectivity index (χ1v) is 8.08. The van der Waals surface area contributed by atoms with Crippen LogP contribution in [0.25, 0.3) is 0 Å². The third-order valence-corrected chi connectivity index (χ3v) is 5.28. The van der Waals surface area contributed by atoms with Gasteiger partial charge in [-0.2, -0.15) is 0 Å². The van der Waals surface area contributed by atoms with Gasteiger partial charge in [-0.05, 0) is 25.5 Å². The summed E-state index contributed by atoms with van der Waals surface area (Å²) in [5.41, 5.74) is 0.824. The van der Waals surface area contributed by atoms with Gasteiger partial charge < -0.3 is 14.7 Å². The van der Waals surface area contributed by atoms with Gasteiger partial charge in [-0.3, -0.25) is 9.59 Å². The second-order valence-corrected chi connectivity index (χ2v) is 6.86. The molecular weight excluding hydrogens is 306 g/mol. The molecule has 3 heterocycles. The summed E-state index contributed by atoms with van der Waals surface area (Å²) < 4.78 is 6.10. The molecule has 124 valence electrons. The Hall–Kier alpha value is -2.40. The zero-order chi connectivity index (χ0) is 17.1. The van der Waals surface area contributed by atoms with Gasteiger partial charge in [0.25, 0.3) is 0 Å². The minimum absolute atomic E-state index is 0.174. The van der Waals surface area contributed by atoms with Gasteiger partial charge in [0.1, 0.15) is 11.5 Å². The number of anilines is 1. The van der Waals surface area contributed by atoms with E-state index in [1.165, 1.54) is 0 Å². The number of nitrogens with zero attached hydrogens (tertiary/aromatic N) is 1. The van der Waals surface area contributed by atoms with E-state index in [2.05, 4.69) is 6.58 Å². The molecule has 1 amide bonds. The molecule has 24 heavy (non-hydrogen) atoms. The zero-order valence-corrected chi connectivity index (χ0v) is 13.4. The number of fused-ring (bicyclic) bond motifs is 1. The molecule has 4 rings (SSSR count). The number of ether oxygens (including phenoxy) is 1. The lowest BCUT2D eigenvalue weighted by molar-refractivity contribution is -0.146. The fraction of sp³-hybridized carbons (Fsp3) is 0.368. The van der Waals surface area contributed by atoms with E-state index < -0.39 is 29.5 Å². The molecule has 5 atom stereocenters. The summed E-state index contributed by atoms with van der Waals surface area (Å²) in [5, 5.41) is 9.62. The molecule has 2 saturated heterocycles. The third kappa shape index (κ3) is 1.85. The quantitative estimate of drug-likeness (QED) is 0.863. The summed E-state index contributed by atoms with van der Waals surface area (Å²) in [6, 6.07) is 9.09. The molecule has 1 aromatic rings. The monoisotopic (exact) mass is 325 g/mol. The van der Waals surface area contributed by atoms with Crippen molar-refractivity contribution >= 4 is 17.6 Å². The van der Waals surface area contributed by atoms with E-state index in [9.17, 15) is 14.7 Å². The van der Waals surface area contributed by atoms with Crippen molar-refractivity contribution in [1.82, 2.24) is 0 Å². The van der Waals surface area contributed by atoms with Crippen molar-refractivity contribution in [3.63, 3.8) is 0 Å². The molecule has 1 N–H and O–H groups in total. The molecule has 2 fully saturated rings. The summed E-state index contributed by atoms with van der Waals surface area (Å²) in [4.78, 5) is 26.7. The molecule has 1 aromatic carbocycles. The van der Waals surface area contributed by atoms with Crippen LogP contribution in [0.1, 0.15) is 13.3 Å². The second kappa shape index (κ2) is 5.05. The number of amides is 1. The molecule has 0 unspecified atom stereocenters. The second-order valence-electron chi connectivity index (χ2n) is 6.86. The van der Waals surface area contributed by atoms with E-state index in [1.54, 1.807) is 11.0 Å². The molecule has 0 aliphatic carbocycles. The summed E-state index contributed by atoms with van der Waals surface area (Å²) in [6.45, 7) is 5.90. The van der Waals surface area contributed by atoms with Crippen molar-refractivity contribution in [2.45, 2.75) is 31.1 Å². The van der Waals surface area contributed by atoms with Gasteiger partial charge in [0.2, 0.25) is 5.91 Å². The van der Waals surface area contributed by atoms with Crippen molar-refractivity contribution < 1.29 is 19.4 Å². The highest BCUT2D eigenvalue weighted by molar-refractivity contribution is 6.03. The van der Waals surface area contributed by atoms with Crippen LogP contribution in [-0.4, -0.2) is 34.7 Å². The highest BCUT2D eigenvalue weighted by Crippen LogP contribution is 2.56. The topological polar surface area (TPSA) is 66.8 Å². The Morgan fingerprint density at radius 3 is 2.71 bits per heavy atom. The van der Waals surface area contributed by atoms with E-state index in [0.717, 1.165) is 11.3 Å². The highest BCUT2D eigenvalue weighted by Gasteiger charge is 2.71. The molecular formula is C19H19NO4. The number of hydrogen-bond acceptors (Lipinski definition) is 3. The number of rotatable bonds is 4. The Balaban J connectivity index is 1.85. The molecule has 0 saturated carbocycles. The van der Waals surface area contributed by atoms with E-state index >= 15 is 0 Å². The van der Waals surface area contributed by atoms with Crippen LogP contribution in [0.15, 0.2) is 54.6 Å². The largest absolute Gasteiger partial charge is 0.481 e. The van der Waals surface area contributed by atoms with Gasteiger partial charge in [0.05, 0.1) is 18.1 Å². The fourth-order valence-electron chi connectivity index (χ4n) is 4.41. The standard InChI is InChI=1S/C19H19NO4/c1-11(2)10-14-19-9-8-13(24-19)15(18(22)23)16(19)17(21)20(14)12-6-4-3-5-7-12/h3-9,13-16H,1,10H2,2H3,(H,22,23)/t13-,14+,15+,16-,19+/m1/s1. The van der Waals surface area contributed by atoms with E-state index in [0.29, 0.717) is 6.42 Å². The Labute approximate surface area is 140 Å². The molecule has 5 nitrogen and oxygen atoms in total. The van der Waals surface area contributed by atoms with Crippen LogP contribution in [0.4, 0.5) is 5.69 Å². The maximum absolute atomic E-state index is 13.2. The van der Waals surface area contributed by atoms with E-state index in [4.69, 9.17) is 4.74 Å². The molecule has 5 heteroatoms. The Bertz CT molecular complexity index is 756. The number of benzene rings is 1. The van der Waals surface area contributed by atoms with Crippen LogP contribution in [0.5, 0.6) is 0 Å². The average molecular weight is 325 g/mol. The Morgan fingerprint density at radius 1 is 1.38 bits per heavy atom. The van der Waals surface area contributed by atoms with Crippen LogP contribution < -0.4 is 4.90 Å². The lowest BCUT2D eigenvalue weighted by Gasteiger charge is -2.33. The number of aliphatic carboxylic acids is 1. The summed E-state index contributed by atoms with van der Waals surface area (Å²) in [7, 11) is 0. The summed E-state index contributed by atoms with van der Waals surface area (Å²) in [5.74, 6) is -2.67. The van der Waals surface area contributed by atoms with Crippen molar-refractivity contribution in [3.05, 3.63) is 54.6 Å². The van der Waals surface area contributed by atoms with Crippen LogP contribution in [0.2, 0.25) is 0 Å². The predicted molar refractivity (Wildman–Crippen MR) is 88.5 cm³/mol. The molecule has 3 aliphatic rings. The number of para-hydroxylation sites is 1. The van der Waals surface area contributed by atoms with Gasteiger partial charge >= 0.3 is 5.97 Å². The number of hydrogen-bond donors (Lipinski definition) is 1. The molecule has 2 bridgehead atoms. The minimum atomic E-state index is -0.978. The van der Waals surface area contributed by atoms with Gasteiger partial charge in [0, 0.05) is 5.69 Å². The van der Waals surface area contributed by atoms with Gasteiger partial charge in [-0.25, -0.2) is 0 Å². The maximum atomic E-state index is 13.2. The van der Waals surface area contributed by atoms with Crippen LogP contribution in [0, 0.1) is 11.8 Å². The number of carboxylic acid groups (broad SMARTS) is 1. The molecule has 3 aliphatic heterocycles. The molecule has 0 radical (unpaired) electrons. The number of carboxylic acids is 1. The summed E-state index contributed by atoms with van der Waals surface area (Å²) in [6.07, 6.45) is 3.74. The fourth-order valence-corrected chi connectivity index (χ4v) is 4.41. The Kier molecular flexibility index (Phi) is 3.18. The average Bonchev–Trinajstić information content (AvgIpc) is 3.17. The first kappa shape index (κ1) is 15.1. The maximum Gasteiger partial charge on any atom is 0.310 e. The first-order valence-electron chi connectivity index (χ1n) is 8.08. The Morgan fingerprint density at radius 2 is 2.08 bits per heavy atom. The smallest absolute Gasteiger partial charge is 0.310 e. The lowest BCUT2D eigenvalue weighted by Crippen LogP contribution is -2.45. The van der Waals surface area contributed by atoms with Crippen LogP contribution in [-0.2, 0) is 14.3 Å². The van der Waals surface area contributed by atoms with Crippen molar-refractivity contribution in [2.24, 2.45) is 11.8 Å². The van der Waals surface area contributed by atoms with Crippen LogP contribution in [0.3, 0.4) is 0 Å². The normalized spacial score (nSPS) is 36.2. The zero-order valence-electron chi connectivity index (χ0n) is 13.4. The molecule has 0 aromatic heterocycles. The van der Waals surface area contributed by atoms with Gasteiger partial charge in [0.15, 0.2) is 0 Å². The van der Waals surface area contributed by atoms with Crippen molar-refractivity contribution in [1.29, 1.82) is 0 Å². The van der Waals surface area contributed by atoms with E-state index in [-0.39, 0.29) is 11.9 Å². The SMILES string of the molecule is C=C(C)C[C@@H]1N(c2ccccc2)C(=O)[C@H]2[C@@H](C(=O)O)[C@H]3C=C[C@]12O3. The van der Waals surface area contributed by atoms with Crippen molar-refractivity contribution in [3.8, 4) is 0 Å². The minimum Gasteiger partial charge on any atom is -0.481 e.